The number of carbonyl (C=O) groups excluding carboxylic acids is 1. The maximum atomic E-state index is 12.1. The van der Waals surface area contributed by atoms with Crippen LogP contribution in [0.2, 0.25) is 0 Å². The Morgan fingerprint density at radius 3 is 2.76 bits per heavy atom. The second kappa shape index (κ2) is 6.57. The number of hydrogen-bond donors (Lipinski definition) is 1. The molecule has 0 fully saturated rings. The maximum Gasteiger partial charge on any atom is 0.260 e. The number of imidazole rings is 1. The number of nitrogens with zero attached hydrogens (tertiary/aromatic N) is 3. The average molecular weight is 328 g/mol. The third-order valence-corrected chi connectivity index (χ3v) is 4.02. The SMILES string of the molecule is O=C(Cn1cnc2ccccc21)N/N=C/c1ccc2ccccc2c1. The van der Waals surface area contributed by atoms with Gasteiger partial charge in [0, 0.05) is 0 Å². The van der Waals surface area contributed by atoms with E-state index in [1.807, 2.05) is 54.6 Å². The summed E-state index contributed by atoms with van der Waals surface area (Å²) in [4.78, 5) is 16.4. The Morgan fingerprint density at radius 1 is 1.04 bits per heavy atom. The lowest BCUT2D eigenvalue weighted by atomic mass is 10.1. The van der Waals surface area contributed by atoms with Gasteiger partial charge in [-0.2, -0.15) is 5.10 Å². The van der Waals surface area contributed by atoms with Gasteiger partial charge in [0.1, 0.15) is 6.54 Å². The third-order valence-electron chi connectivity index (χ3n) is 4.02. The summed E-state index contributed by atoms with van der Waals surface area (Å²) in [5.74, 6) is -0.194. The molecule has 25 heavy (non-hydrogen) atoms. The van der Waals surface area contributed by atoms with E-state index in [1.54, 1.807) is 17.1 Å². The lowest BCUT2D eigenvalue weighted by Crippen LogP contribution is -2.22. The molecule has 3 aromatic carbocycles. The van der Waals surface area contributed by atoms with Crippen LogP contribution in [0, 0.1) is 0 Å². The van der Waals surface area contributed by atoms with Crippen LogP contribution in [0.5, 0.6) is 0 Å². The van der Waals surface area contributed by atoms with Crippen molar-refractivity contribution in [1.82, 2.24) is 15.0 Å². The zero-order valence-electron chi connectivity index (χ0n) is 13.5. The van der Waals surface area contributed by atoms with E-state index >= 15 is 0 Å². The number of benzene rings is 3. The van der Waals surface area contributed by atoms with Gasteiger partial charge in [0.25, 0.3) is 5.91 Å². The molecule has 0 unspecified atom stereocenters. The van der Waals surface area contributed by atoms with Gasteiger partial charge >= 0.3 is 0 Å². The Hall–Kier alpha value is -3.47. The minimum Gasteiger partial charge on any atom is -0.321 e. The van der Waals surface area contributed by atoms with E-state index in [-0.39, 0.29) is 12.5 Å². The summed E-state index contributed by atoms with van der Waals surface area (Å²) in [6.45, 7) is 0.176. The molecule has 0 bridgehead atoms. The number of fused-ring (bicyclic) bond motifs is 2. The smallest absolute Gasteiger partial charge is 0.260 e. The fraction of sp³-hybridized carbons (Fsp3) is 0.0500. The summed E-state index contributed by atoms with van der Waals surface area (Å²) in [6.07, 6.45) is 3.31. The first-order chi connectivity index (χ1) is 12.3. The molecule has 0 saturated carbocycles. The van der Waals surface area contributed by atoms with E-state index in [0.717, 1.165) is 22.0 Å². The largest absolute Gasteiger partial charge is 0.321 e. The molecule has 0 radical (unpaired) electrons. The first-order valence-electron chi connectivity index (χ1n) is 8.00. The summed E-state index contributed by atoms with van der Waals surface area (Å²) in [6, 6.07) is 21.9. The zero-order valence-corrected chi connectivity index (χ0v) is 13.5. The number of nitrogens with one attached hydrogen (secondary N) is 1. The van der Waals surface area contributed by atoms with Crippen LogP contribution in [0.3, 0.4) is 0 Å². The van der Waals surface area contributed by atoms with Gasteiger partial charge in [-0.25, -0.2) is 10.4 Å². The Bertz CT molecular complexity index is 1080. The van der Waals surface area contributed by atoms with Crippen molar-refractivity contribution in [3.05, 3.63) is 78.6 Å². The molecule has 0 aliphatic carbocycles. The van der Waals surface area contributed by atoms with Crippen LogP contribution >= 0.6 is 0 Å². The zero-order chi connectivity index (χ0) is 17.1. The molecule has 0 aliphatic heterocycles. The Labute approximate surface area is 144 Å². The van der Waals surface area contributed by atoms with Gasteiger partial charge in [-0.3, -0.25) is 4.79 Å². The van der Waals surface area contributed by atoms with Gasteiger partial charge in [0.05, 0.1) is 23.6 Å². The number of carbonyl (C=O) groups is 1. The lowest BCUT2D eigenvalue weighted by molar-refractivity contribution is -0.121. The van der Waals surface area contributed by atoms with Gasteiger partial charge in [0.15, 0.2) is 0 Å². The summed E-state index contributed by atoms with van der Waals surface area (Å²) in [5, 5.41) is 6.37. The standard InChI is InChI=1S/C20H16N4O/c25-20(13-24-14-21-18-7-3-4-8-19(18)24)23-22-12-15-9-10-16-5-1-2-6-17(16)11-15/h1-12,14H,13H2,(H,23,25)/b22-12+. The van der Waals surface area contributed by atoms with E-state index in [4.69, 9.17) is 0 Å². The lowest BCUT2D eigenvalue weighted by Gasteiger charge is -2.03. The molecule has 0 spiro atoms. The van der Waals surface area contributed by atoms with Crippen molar-refractivity contribution in [2.24, 2.45) is 5.10 Å². The molecule has 1 N–H and O–H groups in total. The van der Waals surface area contributed by atoms with Crippen LogP contribution in [0.15, 0.2) is 78.2 Å². The quantitative estimate of drug-likeness (QED) is 0.461. The first-order valence-corrected chi connectivity index (χ1v) is 8.00. The molecular weight excluding hydrogens is 312 g/mol. The summed E-state index contributed by atoms with van der Waals surface area (Å²) < 4.78 is 1.80. The summed E-state index contributed by atoms with van der Waals surface area (Å²) in [5.41, 5.74) is 5.30. The Balaban J connectivity index is 1.43. The predicted molar refractivity (Wildman–Crippen MR) is 99.4 cm³/mol. The first kappa shape index (κ1) is 15.1. The van der Waals surface area contributed by atoms with Gasteiger partial charge in [-0.15, -0.1) is 0 Å². The molecule has 5 nitrogen and oxygen atoms in total. The highest BCUT2D eigenvalue weighted by molar-refractivity contribution is 5.91. The van der Waals surface area contributed by atoms with Crippen LogP contribution in [0.1, 0.15) is 5.56 Å². The van der Waals surface area contributed by atoms with Gasteiger partial charge in [-0.1, -0.05) is 48.5 Å². The highest BCUT2D eigenvalue weighted by Crippen LogP contribution is 2.14. The van der Waals surface area contributed by atoms with Gasteiger partial charge in [0.2, 0.25) is 0 Å². The molecule has 4 rings (SSSR count). The van der Waals surface area contributed by atoms with Crippen molar-refractivity contribution in [3.63, 3.8) is 0 Å². The molecule has 5 heteroatoms. The fourth-order valence-electron chi connectivity index (χ4n) is 2.79. The number of aromatic nitrogens is 2. The molecule has 1 amide bonds. The molecule has 0 aliphatic rings. The minimum atomic E-state index is -0.194. The molecular formula is C20H16N4O. The predicted octanol–water partition coefficient (Wildman–Crippen LogP) is 3.34. The molecule has 1 heterocycles. The summed E-state index contributed by atoms with van der Waals surface area (Å²) in [7, 11) is 0. The van der Waals surface area contributed by atoms with Crippen molar-refractivity contribution < 1.29 is 4.79 Å². The van der Waals surface area contributed by atoms with Crippen LogP contribution in [-0.4, -0.2) is 21.7 Å². The molecule has 122 valence electrons. The van der Waals surface area contributed by atoms with Crippen molar-refractivity contribution in [2.75, 3.05) is 0 Å². The van der Waals surface area contributed by atoms with E-state index in [9.17, 15) is 4.79 Å². The Morgan fingerprint density at radius 2 is 1.84 bits per heavy atom. The van der Waals surface area contributed by atoms with Gasteiger partial charge < -0.3 is 4.57 Å². The van der Waals surface area contributed by atoms with E-state index in [0.29, 0.717) is 0 Å². The fourth-order valence-corrected chi connectivity index (χ4v) is 2.79. The molecule has 0 atom stereocenters. The topological polar surface area (TPSA) is 59.3 Å². The highest BCUT2D eigenvalue weighted by atomic mass is 16.2. The van der Waals surface area contributed by atoms with Crippen molar-refractivity contribution in [1.29, 1.82) is 0 Å². The monoisotopic (exact) mass is 328 g/mol. The molecule has 1 aromatic heterocycles. The average Bonchev–Trinajstić information content (AvgIpc) is 3.05. The van der Waals surface area contributed by atoms with Crippen LogP contribution in [0.25, 0.3) is 21.8 Å². The molecule has 4 aromatic rings. The van der Waals surface area contributed by atoms with Crippen molar-refractivity contribution >= 4 is 33.9 Å². The number of hydrazone groups is 1. The van der Waals surface area contributed by atoms with Crippen LogP contribution in [-0.2, 0) is 11.3 Å². The number of hydrogen-bond acceptors (Lipinski definition) is 3. The maximum absolute atomic E-state index is 12.1. The highest BCUT2D eigenvalue weighted by Gasteiger charge is 2.05. The van der Waals surface area contributed by atoms with Crippen LogP contribution < -0.4 is 5.43 Å². The van der Waals surface area contributed by atoms with Gasteiger partial charge in [-0.05, 0) is 34.5 Å². The molecule has 0 saturated heterocycles. The van der Waals surface area contributed by atoms with E-state index in [1.165, 1.54) is 5.39 Å². The van der Waals surface area contributed by atoms with Crippen LogP contribution in [0.4, 0.5) is 0 Å². The number of rotatable bonds is 4. The normalized spacial score (nSPS) is 11.4. The van der Waals surface area contributed by atoms with E-state index in [2.05, 4.69) is 27.6 Å². The van der Waals surface area contributed by atoms with E-state index < -0.39 is 0 Å². The second-order valence-corrected chi connectivity index (χ2v) is 5.76. The third kappa shape index (κ3) is 3.26. The summed E-state index contributed by atoms with van der Waals surface area (Å²) >= 11 is 0. The number of para-hydroxylation sites is 2. The second-order valence-electron chi connectivity index (χ2n) is 5.76. The Kier molecular flexibility index (Phi) is 3.96. The van der Waals surface area contributed by atoms with Crippen molar-refractivity contribution in [2.45, 2.75) is 6.54 Å². The number of amides is 1. The van der Waals surface area contributed by atoms with Crippen molar-refractivity contribution in [3.8, 4) is 0 Å². The minimum absolute atomic E-state index is 0.176.